The zero-order chi connectivity index (χ0) is 12.1. The highest BCUT2D eigenvalue weighted by Gasteiger charge is 2.13. The summed E-state index contributed by atoms with van der Waals surface area (Å²) in [6.07, 6.45) is 0. The van der Waals surface area contributed by atoms with Crippen molar-refractivity contribution >= 4 is 27.5 Å². The first-order chi connectivity index (χ1) is 8.25. The van der Waals surface area contributed by atoms with Gasteiger partial charge in [0.1, 0.15) is 0 Å². The van der Waals surface area contributed by atoms with Gasteiger partial charge < -0.3 is 10.6 Å². The van der Waals surface area contributed by atoms with Crippen LogP contribution in [0.2, 0.25) is 0 Å². The minimum Gasteiger partial charge on any atom is -0.324 e. The molecule has 1 heterocycles. The Hall–Kier alpha value is -0.910. The smallest absolute Gasteiger partial charge is 0.238 e. The van der Waals surface area contributed by atoms with Crippen LogP contribution in [0.4, 0.5) is 5.69 Å². The van der Waals surface area contributed by atoms with E-state index in [-0.39, 0.29) is 5.91 Å². The minimum atomic E-state index is 0.0406. The Kier molecular flexibility index (Phi) is 4.53. The van der Waals surface area contributed by atoms with Crippen molar-refractivity contribution in [2.45, 2.75) is 0 Å². The van der Waals surface area contributed by atoms with Crippen LogP contribution in [-0.2, 0) is 4.79 Å². The number of hydrogen-bond acceptors (Lipinski definition) is 3. The highest BCUT2D eigenvalue weighted by molar-refractivity contribution is 9.10. The molecule has 92 valence electrons. The van der Waals surface area contributed by atoms with Crippen LogP contribution in [0.15, 0.2) is 28.7 Å². The second kappa shape index (κ2) is 6.14. The van der Waals surface area contributed by atoms with Gasteiger partial charge in [0.15, 0.2) is 0 Å². The lowest BCUT2D eigenvalue weighted by Crippen LogP contribution is -2.46. The Morgan fingerprint density at radius 3 is 2.76 bits per heavy atom. The van der Waals surface area contributed by atoms with Crippen molar-refractivity contribution in [3.05, 3.63) is 28.7 Å². The van der Waals surface area contributed by atoms with E-state index in [1.165, 1.54) is 0 Å². The maximum Gasteiger partial charge on any atom is 0.238 e. The third-order valence-electron chi connectivity index (χ3n) is 2.72. The van der Waals surface area contributed by atoms with Crippen LogP contribution in [0.5, 0.6) is 0 Å². The van der Waals surface area contributed by atoms with Crippen LogP contribution in [0.1, 0.15) is 0 Å². The van der Waals surface area contributed by atoms with Gasteiger partial charge in [-0.05, 0) is 28.1 Å². The summed E-state index contributed by atoms with van der Waals surface area (Å²) in [5.74, 6) is 0.0406. The number of anilines is 1. The molecule has 1 aromatic rings. The van der Waals surface area contributed by atoms with Crippen molar-refractivity contribution in [2.24, 2.45) is 0 Å². The quantitative estimate of drug-likeness (QED) is 0.884. The first-order valence-electron chi connectivity index (χ1n) is 5.73. The first-order valence-corrected chi connectivity index (χ1v) is 6.52. The number of amides is 1. The van der Waals surface area contributed by atoms with Crippen molar-refractivity contribution in [1.82, 2.24) is 10.2 Å². The summed E-state index contributed by atoms with van der Waals surface area (Å²) in [6.45, 7) is 4.25. The van der Waals surface area contributed by atoms with Crippen LogP contribution in [0, 0.1) is 0 Å². The van der Waals surface area contributed by atoms with Gasteiger partial charge in [0.25, 0.3) is 0 Å². The van der Waals surface area contributed by atoms with E-state index in [2.05, 4.69) is 31.5 Å². The normalized spacial score (nSPS) is 16.8. The zero-order valence-corrected chi connectivity index (χ0v) is 11.2. The molecule has 4 nitrogen and oxygen atoms in total. The molecule has 0 bridgehead atoms. The van der Waals surface area contributed by atoms with Crippen LogP contribution in [0.3, 0.4) is 0 Å². The highest BCUT2D eigenvalue weighted by atomic mass is 79.9. The average molecular weight is 298 g/mol. The van der Waals surface area contributed by atoms with Gasteiger partial charge >= 0.3 is 0 Å². The second-order valence-electron chi connectivity index (χ2n) is 4.05. The molecule has 1 aromatic carbocycles. The van der Waals surface area contributed by atoms with Gasteiger partial charge in [0.2, 0.25) is 5.91 Å². The summed E-state index contributed by atoms with van der Waals surface area (Å²) < 4.78 is 0.911. The van der Waals surface area contributed by atoms with Gasteiger partial charge in [-0.1, -0.05) is 12.1 Å². The van der Waals surface area contributed by atoms with E-state index >= 15 is 0 Å². The SMILES string of the molecule is O=C(CN1CCNCC1)Nc1ccccc1Br. The fraction of sp³-hybridized carbons (Fsp3) is 0.417. The van der Waals surface area contributed by atoms with E-state index in [4.69, 9.17) is 0 Å². The van der Waals surface area contributed by atoms with Crippen LogP contribution >= 0.6 is 15.9 Å². The molecule has 5 heteroatoms. The number of carbonyl (C=O) groups is 1. The number of para-hydroxylation sites is 1. The van der Waals surface area contributed by atoms with E-state index in [0.717, 1.165) is 36.3 Å². The standard InChI is InChI=1S/C12H16BrN3O/c13-10-3-1-2-4-11(10)15-12(17)9-16-7-5-14-6-8-16/h1-4,14H,5-9H2,(H,15,17). The molecule has 2 rings (SSSR count). The molecule has 0 saturated carbocycles. The minimum absolute atomic E-state index is 0.0406. The van der Waals surface area contributed by atoms with Crippen LogP contribution in [-0.4, -0.2) is 43.5 Å². The molecule has 1 saturated heterocycles. The Morgan fingerprint density at radius 2 is 2.06 bits per heavy atom. The summed E-state index contributed by atoms with van der Waals surface area (Å²) >= 11 is 3.41. The monoisotopic (exact) mass is 297 g/mol. The molecule has 1 aliphatic heterocycles. The second-order valence-corrected chi connectivity index (χ2v) is 4.91. The number of nitrogens with one attached hydrogen (secondary N) is 2. The molecule has 0 unspecified atom stereocenters. The summed E-state index contributed by atoms with van der Waals surface area (Å²) in [5.41, 5.74) is 0.827. The summed E-state index contributed by atoms with van der Waals surface area (Å²) in [5, 5.41) is 6.18. The molecule has 0 radical (unpaired) electrons. The third-order valence-corrected chi connectivity index (χ3v) is 3.42. The Labute approximate surface area is 110 Å². The van der Waals surface area contributed by atoms with Gasteiger partial charge in [-0.25, -0.2) is 0 Å². The molecule has 0 aliphatic carbocycles. The summed E-state index contributed by atoms with van der Waals surface area (Å²) in [7, 11) is 0. The molecule has 1 fully saturated rings. The Bertz CT molecular complexity index is 391. The predicted molar refractivity (Wildman–Crippen MR) is 72.1 cm³/mol. The van der Waals surface area contributed by atoms with Gasteiger partial charge in [0.05, 0.1) is 12.2 Å². The van der Waals surface area contributed by atoms with Crippen molar-refractivity contribution in [3.63, 3.8) is 0 Å². The van der Waals surface area contributed by atoms with E-state index < -0.39 is 0 Å². The van der Waals surface area contributed by atoms with E-state index in [1.54, 1.807) is 0 Å². The van der Waals surface area contributed by atoms with Crippen LogP contribution in [0.25, 0.3) is 0 Å². The lowest BCUT2D eigenvalue weighted by atomic mass is 10.3. The summed E-state index contributed by atoms with van der Waals surface area (Å²) in [4.78, 5) is 14.0. The fourth-order valence-electron chi connectivity index (χ4n) is 1.82. The molecule has 17 heavy (non-hydrogen) atoms. The zero-order valence-electron chi connectivity index (χ0n) is 9.58. The maximum absolute atomic E-state index is 11.8. The molecule has 0 aromatic heterocycles. The average Bonchev–Trinajstić information content (AvgIpc) is 2.33. The molecular weight excluding hydrogens is 282 g/mol. The fourth-order valence-corrected chi connectivity index (χ4v) is 2.21. The molecule has 1 amide bonds. The number of rotatable bonds is 3. The lowest BCUT2D eigenvalue weighted by molar-refractivity contribution is -0.117. The molecule has 0 spiro atoms. The number of nitrogens with zero attached hydrogens (tertiary/aromatic N) is 1. The van der Waals surface area contributed by atoms with Gasteiger partial charge in [-0.2, -0.15) is 0 Å². The van der Waals surface area contributed by atoms with E-state index in [1.807, 2.05) is 24.3 Å². The third kappa shape index (κ3) is 3.80. The molecule has 1 aliphatic rings. The van der Waals surface area contributed by atoms with Crippen molar-refractivity contribution < 1.29 is 4.79 Å². The van der Waals surface area contributed by atoms with E-state index in [9.17, 15) is 4.79 Å². The van der Waals surface area contributed by atoms with Crippen molar-refractivity contribution in [1.29, 1.82) is 0 Å². The van der Waals surface area contributed by atoms with Gasteiger partial charge in [-0.15, -0.1) is 0 Å². The number of hydrogen-bond donors (Lipinski definition) is 2. The molecular formula is C12H16BrN3O. The first kappa shape index (κ1) is 12.5. The molecule has 2 N–H and O–H groups in total. The molecule has 0 atom stereocenters. The maximum atomic E-state index is 11.8. The number of piperazine rings is 1. The van der Waals surface area contributed by atoms with Crippen LogP contribution < -0.4 is 10.6 Å². The number of benzene rings is 1. The topological polar surface area (TPSA) is 44.4 Å². The lowest BCUT2D eigenvalue weighted by Gasteiger charge is -2.26. The van der Waals surface area contributed by atoms with E-state index in [0.29, 0.717) is 6.54 Å². The largest absolute Gasteiger partial charge is 0.324 e. The number of carbonyl (C=O) groups excluding carboxylic acids is 1. The van der Waals surface area contributed by atoms with Gasteiger partial charge in [0, 0.05) is 30.7 Å². The Morgan fingerprint density at radius 1 is 1.35 bits per heavy atom. The number of halogens is 1. The summed E-state index contributed by atoms with van der Waals surface area (Å²) in [6, 6.07) is 7.64. The predicted octanol–water partition coefficient (Wildman–Crippen LogP) is 1.29. The van der Waals surface area contributed by atoms with Crippen molar-refractivity contribution in [2.75, 3.05) is 38.0 Å². The van der Waals surface area contributed by atoms with Crippen molar-refractivity contribution in [3.8, 4) is 0 Å². The highest BCUT2D eigenvalue weighted by Crippen LogP contribution is 2.20. The Balaban J connectivity index is 1.86. The van der Waals surface area contributed by atoms with Gasteiger partial charge in [-0.3, -0.25) is 9.69 Å².